The monoisotopic (exact) mass is 348 g/mol. The van der Waals surface area contributed by atoms with Crippen molar-refractivity contribution in [2.75, 3.05) is 18.1 Å². The molecule has 1 aromatic rings. The summed E-state index contributed by atoms with van der Waals surface area (Å²) in [5.74, 6) is 2.90. The van der Waals surface area contributed by atoms with Gasteiger partial charge in [0.2, 0.25) is 0 Å². The molecule has 0 radical (unpaired) electrons. The zero-order valence-corrected chi connectivity index (χ0v) is 14.5. The van der Waals surface area contributed by atoms with Crippen LogP contribution in [0.1, 0.15) is 35.8 Å². The lowest BCUT2D eigenvalue weighted by Gasteiger charge is -2.35. The first-order valence-corrected chi connectivity index (χ1v) is 9.99. The minimum Gasteiger partial charge on any atom is -0.484 e. The minimum atomic E-state index is -0.653. The molecule has 1 N–H and O–H groups in total. The van der Waals surface area contributed by atoms with E-state index in [4.69, 9.17) is 10.00 Å². The molecule has 1 aliphatic carbocycles. The maximum absolute atomic E-state index is 11.9. The van der Waals surface area contributed by atoms with Crippen LogP contribution in [0.3, 0.4) is 0 Å². The fourth-order valence-electron chi connectivity index (χ4n) is 2.65. The normalized spacial score (nSPS) is 20.1. The highest BCUT2D eigenvalue weighted by molar-refractivity contribution is 8.16. The number of nitriles is 1. The van der Waals surface area contributed by atoms with E-state index in [0.29, 0.717) is 10.3 Å². The second kappa shape index (κ2) is 7.50. The van der Waals surface area contributed by atoms with E-state index in [9.17, 15) is 4.79 Å². The summed E-state index contributed by atoms with van der Waals surface area (Å²) in [4.78, 5) is 11.9. The molecule has 23 heavy (non-hydrogen) atoms. The molecule has 1 aliphatic heterocycles. The van der Waals surface area contributed by atoms with Crippen LogP contribution in [0.25, 0.3) is 0 Å². The summed E-state index contributed by atoms with van der Waals surface area (Å²) < 4.78 is 6.04. The molecule has 0 unspecified atom stereocenters. The highest BCUT2D eigenvalue weighted by Gasteiger charge is 2.38. The average molecular weight is 348 g/mol. The Labute approximate surface area is 145 Å². The first kappa shape index (κ1) is 16.5. The number of carbonyl (C=O) groups excluding carboxylic acids is 1. The lowest BCUT2D eigenvalue weighted by atomic mass is 9.78. The highest BCUT2D eigenvalue weighted by Crippen LogP contribution is 2.43. The summed E-state index contributed by atoms with van der Waals surface area (Å²) >= 11 is 3.97. The zero-order valence-electron chi connectivity index (χ0n) is 12.9. The molecule has 1 saturated carbocycles. The van der Waals surface area contributed by atoms with Gasteiger partial charge < -0.3 is 10.1 Å². The molecule has 2 aliphatic rings. The highest BCUT2D eigenvalue weighted by atomic mass is 32.2. The van der Waals surface area contributed by atoms with Crippen molar-refractivity contribution in [3.05, 3.63) is 29.8 Å². The molecule has 122 valence electrons. The van der Waals surface area contributed by atoms with E-state index in [0.717, 1.165) is 19.3 Å². The maximum Gasteiger partial charge on any atom is 0.259 e. The number of thioether (sulfide) groups is 2. The molecule has 1 saturated heterocycles. The van der Waals surface area contributed by atoms with Gasteiger partial charge >= 0.3 is 0 Å². The van der Waals surface area contributed by atoms with E-state index in [1.54, 1.807) is 0 Å². The topological polar surface area (TPSA) is 62.1 Å². The van der Waals surface area contributed by atoms with Gasteiger partial charge in [0.15, 0.2) is 6.61 Å². The lowest BCUT2D eigenvalue weighted by Crippen LogP contribution is -2.53. The van der Waals surface area contributed by atoms with Crippen molar-refractivity contribution >= 4 is 29.4 Å². The molecule has 1 heterocycles. The van der Waals surface area contributed by atoms with Gasteiger partial charge in [-0.15, -0.1) is 23.5 Å². The van der Waals surface area contributed by atoms with Crippen LogP contribution in [-0.4, -0.2) is 29.6 Å². The Bertz CT molecular complexity index is 588. The first-order valence-electron chi connectivity index (χ1n) is 7.89. The van der Waals surface area contributed by atoms with Crippen LogP contribution < -0.4 is 10.1 Å². The van der Waals surface area contributed by atoms with Crippen molar-refractivity contribution in [1.82, 2.24) is 5.32 Å². The van der Waals surface area contributed by atoms with E-state index in [1.165, 1.54) is 23.5 Å². The van der Waals surface area contributed by atoms with Crippen molar-refractivity contribution in [2.24, 2.45) is 0 Å². The Morgan fingerprint density at radius 3 is 2.52 bits per heavy atom. The number of amides is 1. The second-order valence-electron chi connectivity index (χ2n) is 5.88. The van der Waals surface area contributed by atoms with Crippen molar-refractivity contribution in [3.8, 4) is 11.8 Å². The van der Waals surface area contributed by atoms with E-state index in [1.807, 2.05) is 35.7 Å². The third-order valence-corrected chi connectivity index (χ3v) is 7.16. The quantitative estimate of drug-likeness (QED) is 0.882. The lowest BCUT2D eigenvalue weighted by molar-refractivity contribution is -0.125. The Morgan fingerprint density at radius 2 is 1.96 bits per heavy atom. The van der Waals surface area contributed by atoms with Crippen LogP contribution in [0.4, 0.5) is 0 Å². The van der Waals surface area contributed by atoms with E-state index < -0.39 is 5.54 Å². The summed E-state index contributed by atoms with van der Waals surface area (Å²) in [6.07, 6.45) is 3.75. The Morgan fingerprint density at radius 1 is 1.26 bits per heavy atom. The van der Waals surface area contributed by atoms with Gasteiger partial charge in [-0.1, -0.05) is 12.1 Å². The number of rotatable bonds is 5. The largest absolute Gasteiger partial charge is 0.484 e. The molecule has 0 aromatic heterocycles. The second-order valence-corrected chi connectivity index (χ2v) is 8.60. The van der Waals surface area contributed by atoms with Crippen LogP contribution in [-0.2, 0) is 4.79 Å². The molecule has 1 aromatic carbocycles. The molecule has 0 spiro atoms. The molecule has 6 heteroatoms. The summed E-state index contributed by atoms with van der Waals surface area (Å²) in [6, 6.07) is 10.2. The number of carbonyl (C=O) groups is 1. The summed E-state index contributed by atoms with van der Waals surface area (Å²) in [6.45, 7) is -0.0459. The number of benzene rings is 1. The number of hydrogen-bond donors (Lipinski definition) is 1. The van der Waals surface area contributed by atoms with Crippen LogP contribution >= 0.6 is 23.5 Å². The fraction of sp³-hybridized carbons (Fsp3) is 0.529. The van der Waals surface area contributed by atoms with Crippen molar-refractivity contribution in [1.29, 1.82) is 5.26 Å². The molecule has 1 amide bonds. The number of nitrogens with one attached hydrogen (secondary N) is 1. The molecule has 0 atom stereocenters. The molecule has 4 nitrogen and oxygen atoms in total. The number of hydrogen-bond acceptors (Lipinski definition) is 5. The summed E-state index contributed by atoms with van der Waals surface area (Å²) in [5.41, 5.74) is 0.647. The predicted molar refractivity (Wildman–Crippen MR) is 94.5 cm³/mol. The third-order valence-electron chi connectivity index (χ3n) is 4.15. The SMILES string of the molecule is N#CC1(NC(=O)COc2ccc(C3SCCCS3)cc2)CCC1. The van der Waals surface area contributed by atoms with Gasteiger partial charge in [-0.25, -0.2) is 0 Å². The van der Waals surface area contributed by atoms with Gasteiger partial charge in [-0.2, -0.15) is 5.26 Å². The predicted octanol–water partition coefficient (Wildman–Crippen LogP) is 3.50. The van der Waals surface area contributed by atoms with Crippen molar-refractivity contribution in [2.45, 2.75) is 35.8 Å². The van der Waals surface area contributed by atoms with Gasteiger partial charge in [0.1, 0.15) is 11.3 Å². The molecular weight excluding hydrogens is 328 g/mol. The molecule has 3 rings (SSSR count). The van der Waals surface area contributed by atoms with Gasteiger partial charge in [-0.05, 0) is 54.9 Å². The zero-order chi connectivity index (χ0) is 16.1. The number of nitrogens with zero attached hydrogens (tertiary/aromatic N) is 1. The van der Waals surface area contributed by atoms with Crippen LogP contribution in [0, 0.1) is 11.3 Å². The van der Waals surface area contributed by atoms with E-state index >= 15 is 0 Å². The van der Waals surface area contributed by atoms with Gasteiger partial charge in [-0.3, -0.25) is 4.79 Å². The fourth-order valence-corrected chi connectivity index (χ4v) is 5.54. The molecular formula is C17H20N2O2S2. The minimum absolute atomic E-state index is 0.0459. The summed E-state index contributed by atoms with van der Waals surface area (Å²) in [5, 5.41) is 11.9. The van der Waals surface area contributed by atoms with E-state index in [-0.39, 0.29) is 12.5 Å². The molecule has 2 fully saturated rings. The average Bonchev–Trinajstić information content (AvgIpc) is 2.57. The van der Waals surface area contributed by atoms with Gasteiger partial charge in [0.25, 0.3) is 5.91 Å². The first-order chi connectivity index (χ1) is 11.2. The van der Waals surface area contributed by atoms with E-state index in [2.05, 4.69) is 23.5 Å². The van der Waals surface area contributed by atoms with Crippen LogP contribution in [0.15, 0.2) is 24.3 Å². The van der Waals surface area contributed by atoms with Crippen LogP contribution in [0.2, 0.25) is 0 Å². The van der Waals surface area contributed by atoms with Gasteiger partial charge in [0.05, 0.1) is 10.7 Å². The number of ether oxygens (including phenoxy) is 1. The van der Waals surface area contributed by atoms with Crippen LogP contribution in [0.5, 0.6) is 5.75 Å². The van der Waals surface area contributed by atoms with Crippen molar-refractivity contribution in [3.63, 3.8) is 0 Å². The van der Waals surface area contributed by atoms with Crippen molar-refractivity contribution < 1.29 is 9.53 Å². The summed E-state index contributed by atoms with van der Waals surface area (Å²) in [7, 11) is 0. The Balaban J connectivity index is 1.48. The Kier molecular flexibility index (Phi) is 5.39. The Hall–Kier alpha value is -1.32. The smallest absolute Gasteiger partial charge is 0.259 e. The van der Waals surface area contributed by atoms with Gasteiger partial charge in [0, 0.05) is 0 Å². The maximum atomic E-state index is 11.9. The standard InChI is InChI=1S/C17H20N2O2S2/c18-12-17(7-1-8-17)19-15(20)11-21-14-5-3-13(4-6-14)16-22-9-2-10-23-16/h3-6,16H,1-2,7-11H2,(H,19,20). The third kappa shape index (κ3) is 4.15. The molecule has 0 bridgehead atoms.